The highest BCUT2D eigenvalue weighted by molar-refractivity contribution is 7.17. The van der Waals surface area contributed by atoms with Crippen LogP contribution in [0.3, 0.4) is 0 Å². The second kappa shape index (κ2) is 7.70. The molecular formula is C13H15N5O3S2. The predicted molar refractivity (Wildman–Crippen MR) is 89.4 cm³/mol. The molecule has 0 atom stereocenters. The van der Waals surface area contributed by atoms with E-state index in [4.69, 9.17) is 11.1 Å². The van der Waals surface area contributed by atoms with E-state index in [2.05, 4.69) is 20.4 Å². The molecule has 0 unspecified atom stereocenters. The normalized spacial score (nSPS) is 10.1. The maximum Gasteiger partial charge on any atom is 0.303 e. The van der Waals surface area contributed by atoms with Crippen molar-refractivity contribution in [1.29, 1.82) is 5.41 Å². The van der Waals surface area contributed by atoms with E-state index in [1.165, 1.54) is 29.6 Å². The van der Waals surface area contributed by atoms with Gasteiger partial charge in [-0.3, -0.25) is 15.0 Å². The van der Waals surface area contributed by atoms with Gasteiger partial charge in [0.2, 0.25) is 0 Å². The third-order valence-electron chi connectivity index (χ3n) is 2.53. The zero-order valence-corrected chi connectivity index (χ0v) is 13.8. The number of nitrogens with one attached hydrogen (secondary N) is 3. The highest BCUT2D eigenvalue weighted by Crippen LogP contribution is 2.30. The van der Waals surface area contributed by atoms with Crippen molar-refractivity contribution in [2.75, 3.05) is 11.9 Å². The van der Waals surface area contributed by atoms with Gasteiger partial charge in [0, 0.05) is 17.2 Å². The Morgan fingerprint density at radius 1 is 1.43 bits per heavy atom. The van der Waals surface area contributed by atoms with E-state index >= 15 is 0 Å². The zero-order valence-electron chi connectivity index (χ0n) is 12.2. The summed E-state index contributed by atoms with van der Waals surface area (Å²) < 4.78 is 4.61. The van der Waals surface area contributed by atoms with Crippen LogP contribution >= 0.6 is 22.7 Å². The summed E-state index contributed by atoms with van der Waals surface area (Å²) in [5.41, 5.74) is 6.04. The molecule has 10 heteroatoms. The van der Waals surface area contributed by atoms with E-state index < -0.39 is 5.97 Å². The fraction of sp³-hybridized carbons (Fsp3) is 0.231. The van der Waals surface area contributed by atoms with Crippen molar-refractivity contribution in [2.45, 2.75) is 13.5 Å². The van der Waals surface area contributed by atoms with E-state index in [1.807, 2.05) is 17.5 Å². The molecule has 0 saturated carbocycles. The number of ether oxygens (including phenoxy) is 1. The highest BCUT2D eigenvalue weighted by atomic mass is 32.1. The Morgan fingerprint density at radius 2 is 2.22 bits per heavy atom. The van der Waals surface area contributed by atoms with Crippen LogP contribution in [-0.4, -0.2) is 29.4 Å². The fourth-order valence-electron chi connectivity index (χ4n) is 1.57. The Kier molecular flexibility index (Phi) is 5.66. The molecule has 0 aliphatic carbocycles. The van der Waals surface area contributed by atoms with Crippen molar-refractivity contribution in [1.82, 2.24) is 10.3 Å². The van der Waals surface area contributed by atoms with Crippen LogP contribution in [0.15, 0.2) is 17.5 Å². The first-order valence-electron chi connectivity index (χ1n) is 6.50. The second-order valence-corrected chi connectivity index (χ2v) is 6.43. The average Bonchev–Trinajstić information content (AvgIpc) is 3.11. The summed E-state index contributed by atoms with van der Waals surface area (Å²) in [4.78, 5) is 28.3. The molecule has 0 aliphatic rings. The van der Waals surface area contributed by atoms with Crippen LogP contribution in [0.2, 0.25) is 0 Å². The third kappa shape index (κ3) is 5.34. The van der Waals surface area contributed by atoms with E-state index in [0.717, 1.165) is 15.4 Å². The van der Waals surface area contributed by atoms with Crippen LogP contribution in [-0.2, 0) is 20.9 Å². The van der Waals surface area contributed by atoms with Gasteiger partial charge in [-0.2, -0.15) is 0 Å². The largest absolute Gasteiger partial charge is 0.456 e. The molecule has 2 aromatic heterocycles. The second-order valence-electron chi connectivity index (χ2n) is 4.40. The van der Waals surface area contributed by atoms with E-state index in [-0.39, 0.29) is 18.5 Å². The lowest BCUT2D eigenvalue weighted by molar-refractivity contribution is -0.146. The molecule has 0 saturated heterocycles. The molecule has 5 N–H and O–H groups in total. The lowest BCUT2D eigenvalue weighted by Crippen LogP contribution is -2.27. The number of nitrogens with zero attached hydrogens (tertiary/aromatic N) is 1. The smallest absolute Gasteiger partial charge is 0.303 e. The molecule has 0 aromatic carbocycles. The molecule has 1 amide bonds. The summed E-state index contributed by atoms with van der Waals surface area (Å²) >= 11 is 2.85. The minimum atomic E-state index is -0.489. The van der Waals surface area contributed by atoms with Crippen LogP contribution in [0.4, 0.5) is 5.13 Å². The van der Waals surface area contributed by atoms with Gasteiger partial charge in [-0.15, -0.1) is 22.7 Å². The molecular weight excluding hydrogens is 338 g/mol. The first-order chi connectivity index (χ1) is 10.9. The maximum absolute atomic E-state index is 11.5. The molecule has 122 valence electrons. The zero-order chi connectivity index (χ0) is 16.8. The van der Waals surface area contributed by atoms with Gasteiger partial charge in [0.25, 0.3) is 5.91 Å². The topological polar surface area (TPSA) is 130 Å². The molecule has 0 bridgehead atoms. The first kappa shape index (κ1) is 16.9. The number of thiazole rings is 1. The number of esters is 1. The van der Waals surface area contributed by atoms with Gasteiger partial charge in [-0.05, 0) is 12.1 Å². The Bertz CT molecular complexity index is 725. The van der Waals surface area contributed by atoms with Gasteiger partial charge in [0.15, 0.2) is 17.7 Å². The minimum absolute atomic E-state index is 0.159. The lowest BCUT2D eigenvalue weighted by Gasteiger charge is -2.03. The van der Waals surface area contributed by atoms with Gasteiger partial charge in [-0.1, -0.05) is 0 Å². The van der Waals surface area contributed by atoms with Crippen LogP contribution in [0.25, 0.3) is 10.6 Å². The summed E-state index contributed by atoms with van der Waals surface area (Å²) in [5, 5.41) is 14.9. The number of hydrogen-bond donors (Lipinski definition) is 4. The lowest BCUT2D eigenvalue weighted by atomic mass is 10.3. The standard InChI is InChI=1S/C13H15N5O3S2/c1-7(19)21-5-11(20)16-4-8-2-3-10(23-8)9-6-22-13(17-9)18-12(14)15/h2-3,6H,4-5H2,1H3,(H,16,20)(H4,14,15,17,18). The van der Waals surface area contributed by atoms with E-state index in [1.54, 1.807) is 0 Å². The van der Waals surface area contributed by atoms with Gasteiger partial charge in [-0.25, -0.2) is 4.98 Å². The minimum Gasteiger partial charge on any atom is -0.456 e. The van der Waals surface area contributed by atoms with Crippen molar-refractivity contribution in [2.24, 2.45) is 5.73 Å². The fourth-order valence-corrected chi connectivity index (χ4v) is 3.28. The van der Waals surface area contributed by atoms with Gasteiger partial charge in [0.05, 0.1) is 17.1 Å². The average molecular weight is 353 g/mol. The molecule has 23 heavy (non-hydrogen) atoms. The van der Waals surface area contributed by atoms with E-state index in [9.17, 15) is 9.59 Å². The molecule has 0 fully saturated rings. The van der Waals surface area contributed by atoms with Crippen LogP contribution in [0.5, 0.6) is 0 Å². The summed E-state index contributed by atoms with van der Waals surface area (Å²) in [5.74, 6) is -0.998. The van der Waals surface area contributed by atoms with Gasteiger partial charge < -0.3 is 21.1 Å². The van der Waals surface area contributed by atoms with E-state index in [0.29, 0.717) is 11.7 Å². The molecule has 2 heterocycles. The molecule has 0 aliphatic heterocycles. The summed E-state index contributed by atoms with van der Waals surface area (Å²) in [6.07, 6.45) is 0. The summed E-state index contributed by atoms with van der Waals surface area (Å²) in [6, 6.07) is 3.80. The molecule has 8 nitrogen and oxygen atoms in total. The predicted octanol–water partition coefficient (Wildman–Crippen LogP) is 1.36. The van der Waals surface area contributed by atoms with Crippen LogP contribution < -0.4 is 16.4 Å². The van der Waals surface area contributed by atoms with Crippen LogP contribution in [0, 0.1) is 5.41 Å². The SMILES string of the molecule is CC(=O)OCC(=O)NCc1ccc(-c2csc(NC(=N)N)n2)s1. The quantitative estimate of drug-likeness (QED) is 0.352. The number of carbonyl (C=O) groups is 2. The summed E-state index contributed by atoms with van der Waals surface area (Å²) in [6.45, 7) is 1.33. The molecule has 0 radical (unpaired) electrons. The third-order valence-corrected chi connectivity index (χ3v) is 4.39. The Labute approximate surface area is 140 Å². The van der Waals surface area contributed by atoms with Crippen molar-refractivity contribution >= 4 is 45.6 Å². The molecule has 0 spiro atoms. The number of thiophene rings is 1. The molecule has 2 aromatic rings. The van der Waals surface area contributed by atoms with Crippen molar-refractivity contribution < 1.29 is 14.3 Å². The Morgan fingerprint density at radius 3 is 2.91 bits per heavy atom. The van der Waals surface area contributed by atoms with Crippen molar-refractivity contribution in [3.63, 3.8) is 0 Å². The number of guanidine groups is 1. The molecule has 2 rings (SSSR count). The monoisotopic (exact) mass is 353 g/mol. The number of anilines is 1. The number of carbonyl (C=O) groups excluding carboxylic acids is 2. The van der Waals surface area contributed by atoms with Crippen LogP contribution in [0.1, 0.15) is 11.8 Å². The van der Waals surface area contributed by atoms with Crippen molar-refractivity contribution in [3.8, 4) is 10.6 Å². The van der Waals surface area contributed by atoms with Gasteiger partial charge >= 0.3 is 5.97 Å². The van der Waals surface area contributed by atoms with Gasteiger partial charge in [0.1, 0.15) is 0 Å². The number of aromatic nitrogens is 1. The van der Waals surface area contributed by atoms with Crippen molar-refractivity contribution in [3.05, 3.63) is 22.4 Å². The Hall–Kier alpha value is -2.46. The number of nitrogens with two attached hydrogens (primary N) is 1. The number of hydrogen-bond acceptors (Lipinski definition) is 7. The number of rotatable bonds is 6. The first-order valence-corrected chi connectivity index (χ1v) is 8.19. The Balaban J connectivity index is 1.90. The highest BCUT2D eigenvalue weighted by Gasteiger charge is 2.09. The maximum atomic E-state index is 11.5. The number of amides is 1. The summed E-state index contributed by atoms with van der Waals surface area (Å²) in [7, 11) is 0.